The fraction of sp³-hybridized carbons (Fsp3) is 0.375. The van der Waals surface area contributed by atoms with Gasteiger partial charge in [-0.05, 0) is 24.6 Å². The number of nitrogens with zero attached hydrogens (tertiary/aromatic N) is 4. The molecule has 2 aromatic rings. The van der Waals surface area contributed by atoms with Crippen LogP contribution in [-0.4, -0.2) is 40.5 Å². The molecule has 0 atom stereocenters. The van der Waals surface area contributed by atoms with Crippen LogP contribution in [0.1, 0.15) is 12.5 Å². The van der Waals surface area contributed by atoms with Crippen LogP contribution in [0, 0.1) is 0 Å². The number of guanidine groups is 1. The zero-order chi connectivity index (χ0) is 15.8. The number of benzene rings is 1. The second kappa shape index (κ2) is 10.5. The van der Waals surface area contributed by atoms with Gasteiger partial charge >= 0.3 is 0 Å². The van der Waals surface area contributed by atoms with Crippen LogP contribution in [0.4, 0.5) is 0 Å². The molecule has 5 nitrogen and oxygen atoms in total. The molecule has 2 rings (SSSR count). The average molecular weight is 448 g/mol. The fourth-order valence-corrected chi connectivity index (χ4v) is 2.22. The Morgan fingerprint density at radius 2 is 2.09 bits per heavy atom. The van der Waals surface area contributed by atoms with Gasteiger partial charge in [0.2, 0.25) is 0 Å². The van der Waals surface area contributed by atoms with Gasteiger partial charge in [0.1, 0.15) is 0 Å². The van der Waals surface area contributed by atoms with Crippen molar-refractivity contribution in [3.05, 3.63) is 53.6 Å². The van der Waals surface area contributed by atoms with Crippen molar-refractivity contribution in [3.63, 3.8) is 0 Å². The third-order valence-corrected chi connectivity index (χ3v) is 3.46. The molecule has 1 aromatic carbocycles. The van der Waals surface area contributed by atoms with E-state index in [1.165, 1.54) is 5.56 Å². The van der Waals surface area contributed by atoms with Crippen LogP contribution in [-0.2, 0) is 13.1 Å². The summed E-state index contributed by atoms with van der Waals surface area (Å²) >= 11 is 5.92. The number of hydrogen-bond acceptors (Lipinski definition) is 2. The van der Waals surface area contributed by atoms with Crippen LogP contribution in [0.25, 0.3) is 0 Å². The van der Waals surface area contributed by atoms with Crippen molar-refractivity contribution in [1.29, 1.82) is 0 Å². The van der Waals surface area contributed by atoms with E-state index in [1.807, 2.05) is 42.1 Å². The van der Waals surface area contributed by atoms with Crippen molar-refractivity contribution in [1.82, 2.24) is 19.8 Å². The molecule has 0 aliphatic carbocycles. The van der Waals surface area contributed by atoms with Gasteiger partial charge in [0, 0.05) is 44.1 Å². The largest absolute Gasteiger partial charge is 0.357 e. The molecule has 0 saturated heterocycles. The monoisotopic (exact) mass is 447 g/mol. The maximum atomic E-state index is 5.92. The molecule has 0 aliphatic heterocycles. The molecular weight excluding hydrogens is 425 g/mol. The summed E-state index contributed by atoms with van der Waals surface area (Å²) in [6, 6.07) is 7.89. The minimum absolute atomic E-state index is 0. The summed E-state index contributed by atoms with van der Waals surface area (Å²) in [6.07, 6.45) is 5.53. The lowest BCUT2D eigenvalue weighted by atomic mass is 10.2. The van der Waals surface area contributed by atoms with Crippen molar-refractivity contribution < 1.29 is 0 Å². The molecule has 0 radical (unpaired) electrons. The molecule has 0 bridgehead atoms. The smallest absolute Gasteiger partial charge is 0.194 e. The number of aromatic nitrogens is 2. The van der Waals surface area contributed by atoms with E-state index < -0.39 is 0 Å². The van der Waals surface area contributed by atoms with E-state index in [-0.39, 0.29) is 24.0 Å². The summed E-state index contributed by atoms with van der Waals surface area (Å²) < 4.78 is 2.02. The molecule has 0 unspecified atom stereocenters. The number of halogens is 2. The van der Waals surface area contributed by atoms with Gasteiger partial charge in [0.05, 0.1) is 12.9 Å². The predicted molar refractivity (Wildman–Crippen MR) is 107 cm³/mol. The van der Waals surface area contributed by atoms with Crippen molar-refractivity contribution >= 4 is 41.5 Å². The molecule has 126 valence electrons. The first-order valence-corrected chi connectivity index (χ1v) is 7.76. The Balaban J connectivity index is 0.00000264. The van der Waals surface area contributed by atoms with Crippen LogP contribution in [0.5, 0.6) is 0 Å². The summed E-state index contributed by atoms with van der Waals surface area (Å²) in [5.41, 5.74) is 1.20. The number of aliphatic imine (C=N–C) groups is 1. The van der Waals surface area contributed by atoms with Gasteiger partial charge in [-0.15, -0.1) is 24.0 Å². The Labute approximate surface area is 159 Å². The molecule has 0 aliphatic rings. The summed E-state index contributed by atoms with van der Waals surface area (Å²) in [4.78, 5) is 10.8. The number of imidazole rings is 1. The Morgan fingerprint density at radius 1 is 1.35 bits per heavy atom. The van der Waals surface area contributed by atoms with Crippen LogP contribution in [0.3, 0.4) is 0 Å². The number of rotatable bonds is 6. The van der Waals surface area contributed by atoms with Gasteiger partial charge < -0.3 is 14.8 Å². The van der Waals surface area contributed by atoms with Crippen LogP contribution in [0.15, 0.2) is 48.0 Å². The Morgan fingerprint density at radius 3 is 2.70 bits per heavy atom. The second-order valence-electron chi connectivity index (χ2n) is 5.02. The normalized spacial score (nSPS) is 11.0. The average Bonchev–Trinajstić information content (AvgIpc) is 3.02. The van der Waals surface area contributed by atoms with Gasteiger partial charge in [0.15, 0.2) is 5.96 Å². The van der Waals surface area contributed by atoms with E-state index in [0.29, 0.717) is 6.54 Å². The topological polar surface area (TPSA) is 45.5 Å². The molecule has 7 heteroatoms. The van der Waals surface area contributed by atoms with Gasteiger partial charge in [-0.2, -0.15) is 0 Å². The molecule has 0 amide bonds. The van der Waals surface area contributed by atoms with Crippen LogP contribution < -0.4 is 5.32 Å². The lowest BCUT2D eigenvalue weighted by Crippen LogP contribution is -2.38. The predicted octanol–water partition coefficient (Wildman–Crippen LogP) is 3.25. The molecule has 0 spiro atoms. The van der Waals surface area contributed by atoms with Gasteiger partial charge in [-0.1, -0.05) is 23.7 Å². The lowest BCUT2D eigenvalue weighted by Gasteiger charge is -2.22. The minimum Gasteiger partial charge on any atom is -0.357 e. The van der Waals surface area contributed by atoms with Gasteiger partial charge in [-0.3, -0.25) is 4.99 Å². The quantitative estimate of drug-likeness (QED) is 0.420. The maximum Gasteiger partial charge on any atom is 0.194 e. The van der Waals surface area contributed by atoms with Crippen LogP contribution in [0.2, 0.25) is 5.02 Å². The summed E-state index contributed by atoms with van der Waals surface area (Å²) in [5.74, 6) is 0.901. The Hall–Kier alpha value is -1.28. The van der Waals surface area contributed by atoms with Gasteiger partial charge in [-0.25, -0.2) is 4.98 Å². The van der Waals surface area contributed by atoms with E-state index in [2.05, 4.69) is 27.1 Å². The third-order valence-electron chi connectivity index (χ3n) is 3.21. The van der Waals surface area contributed by atoms with E-state index in [9.17, 15) is 0 Å². The molecule has 0 fully saturated rings. The first-order valence-electron chi connectivity index (χ1n) is 7.38. The van der Waals surface area contributed by atoms with Crippen molar-refractivity contribution in [2.45, 2.75) is 20.0 Å². The fourth-order valence-electron chi connectivity index (χ4n) is 2.10. The van der Waals surface area contributed by atoms with Gasteiger partial charge in [0.25, 0.3) is 0 Å². The maximum absolute atomic E-state index is 5.92. The first kappa shape index (κ1) is 19.8. The molecule has 0 saturated carbocycles. The van der Waals surface area contributed by atoms with Crippen molar-refractivity contribution in [2.75, 3.05) is 20.1 Å². The second-order valence-corrected chi connectivity index (χ2v) is 5.46. The molecule has 23 heavy (non-hydrogen) atoms. The molecular formula is C16H23ClIN5. The highest BCUT2D eigenvalue weighted by atomic mass is 127. The zero-order valence-electron chi connectivity index (χ0n) is 13.4. The van der Waals surface area contributed by atoms with Crippen molar-refractivity contribution in [2.24, 2.45) is 4.99 Å². The minimum atomic E-state index is 0. The summed E-state index contributed by atoms with van der Waals surface area (Å²) in [5, 5.41) is 4.08. The Bertz CT molecular complexity index is 583. The van der Waals surface area contributed by atoms with Crippen molar-refractivity contribution in [3.8, 4) is 0 Å². The number of nitrogens with one attached hydrogen (secondary N) is 1. The van der Waals surface area contributed by atoms with E-state index in [1.54, 1.807) is 12.5 Å². The first-order chi connectivity index (χ1) is 10.7. The highest BCUT2D eigenvalue weighted by Crippen LogP contribution is 2.11. The number of hydrogen-bond donors (Lipinski definition) is 1. The SMILES string of the molecule is CCNC(=NCCn1ccnc1)N(C)Cc1ccc(Cl)cc1.I. The summed E-state index contributed by atoms with van der Waals surface area (Å²) in [6.45, 7) is 5.23. The molecule has 1 N–H and O–H groups in total. The zero-order valence-corrected chi connectivity index (χ0v) is 16.5. The third kappa shape index (κ3) is 6.78. The highest BCUT2D eigenvalue weighted by molar-refractivity contribution is 14.0. The molecule has 1 aromatic heterocycles. The van der Waals surface area contributed by atoms with Crippen LogP contribution >= 0.6 is 35.6 Å². The van der Waals surface area contributed by atoms with E-state index in [4.69, 9.17) is 11.6 Å². The highest BCUT2D eigenvalue weighted by Gasteiger charge is 2.06. The van der Waals surface area contributed by atoms with E-state index in [0.717, 1.165) is 30.6 Å². The van der Waals surface area contributed by atoms with E-state index >= 15 is 0 Å². The lowest BCUT2D eigenvalue weighted by molar-refractivity contribution is 0.475. The standard InChI is InChI=1S/C16H22ClN5.HI/c1-3-19-16(20-9-11-22-10-8-18-13-22)21(2)12-14-4-6-15(17)7-5-14;/h4-8,10,13H,3,9,11-12H2,1-2H3,(H,19,20);1H. The molecule has 1 heterocycles. The summed E-state index contributed by atoms with van der Waals surface area (Å²) in [7, 11) is 2.04. The Kier molecular flexibility index (Phi) is 9.01.